The number of imide groups is 1. The fraction of sp³-hybridized carbons (Fsp3) is 0.176. The van der Waals surface area contributed by atoms with Gasteiger partial charge >= 0.3 is 0 Å². The molecule has 2 atom stereocenters. The number of para-hydroxylation sites is 1. The third-order valence-electron chi connectivity index (χ3n) is 8.72. The molecule has 3 amide bonds. The Balaban J connectivity index is 1.33. The third-order valence-corrected chi connectivity index (χ3v) is 9.04. The lowest BCUT2D eigenvalue weighted by atomic mass is 9.47. The monoisotopic (exact) mass is 559 g/mol. The highest BCUT2D eigenvalue weighted by Crippen LogP contribution is 2.63. The second-order valence-corrected chi connectivity index (χ2v) is 11.2. The van der Waals surface area contributed by atoms with E-state index in [1.165, 1.54) is 4.90 Å². The van der Waals surface area contributed by atoms with Gasteiger partial charge in [0.15, 0.2) is 0 Å². The van der Waals surface area contributed by atoms with Crippen LogP contribution in [0, 0.1) is 11.8 Å². The van der Waals surface area contributed by atoms with E-state index in [0.717, 1.165) is 27.8 Å². The largest absolute Gasteiger partial charge is 0.274 e. The Hall–Kier alpha value is -4.55. The average molecular weight is 560 g/mol. The van der Waals surface area contributed by atoms with Gasteiger partial charge in [0.1, 0.15) is 0 Å². The number of rotatable bonds is 6. The van der Waals surface area contributed by atoms with Crippen molar-refractivity contribution >= 4 is 41.2 Å². The summed E-state index contributed by atoms with van der Waals surface area (Å²) in [6, 6.07) is 32.6. The molecule has 1 fully saturated rings. The molecule has 2 bridgehead atoms. The fourth-order valence-corrected chi connectivity index (χ4v) is 7.31. The van der Waals surface area contributed by atoms with Gasteiger partial charge in [-0.2, -0.15) is 5.10 Å². The van der Waals surface area contributed by atoms with Gasteiger partial charge in [-0.3, -0.25) is 14.4 Å². The molecular formula is C34H26ClN3O3. The predicted molar refractivity (Wildman–Crippen MR) is 158 cm³/mol. The summed E-state index contributed by atoms with van der Waals surface area (Å²) < 4.78 is 0. The molecule has 2 unspecified atom stereocenters. The molecule has 1 aliphatic heterocycles. The van der Waals surface area contributed by atoms with Crippen LogP contribution in [0.3, 0.4) is 0 Å². The zero-order valence-electron chi connectivity index (χ0n) is 22.0. The standard InChI is InChI=1S/C34H26ClN3O3/c35-26-16-8-9-17-27(26)38-32(40)30-29-22-12-4-6-14-24(22)34(31(30)33(38)41,25-15-7-5-13-23(25)29)20-36-37-28(39)19-18-21-10-2-1-3-11-21/h1-17,20,29-31H,18-19H2,(H,37,39). The van der Waals surface area contributed by atoms with E-state index < -0.39 is 17.3 Å². The van der Waals surface area contributed by atoms with Crippen LogP contribution in [0.15, 0.2) is 108 Å². The predicted octanol–water partition coefficient (Wildman–Crippen LogP) is 5.63. The minimum Gasteiger partial charge on any atom is -0.274 e. The number of carbonyl (C=O) groups is 3. The number of aryl methyl sites for hydroxylation is 1. The molecule has 0 spiro atoms. The van der Waals surface area contributed by atoms with E-state index in [1.54, 1.807) is 30.5 Å². The number of benzene rings is 4. The van der Waals surface area contributed by atoms with Crippen LogP contribution in [-0.4, -0.2) is 23.9 Å². The topological polar surface area (TPSA) is 78.8 Å². The summed E-state index contributed by atoms with van der Waals surface area (Å²) in [5.74, 6) is -2.48. The van der Waals surface area contributed by atoms with Gasteiger partial charge in [0.2, 0.25) is 17.7 Å². The molecular weight excluding hydrogens is 534 g/mol. The van der Waals surface area contributed by atoms with Crippen molar-refractivity contribution in [3.8, 4) is 0 Å². The maximum Gasteiger partial charge on any atom is 0.240 e. The molecule has 4 aliphatic rings. The Morgan fingerprint density at radius 3 is 2.12 bits per heavy atom. The number of halogens is 1. The highest BCUT2D eigenvalue weighted by atomic mass is 35.5. The molecule has 7 heteroatoms. The lowest BCUT2D eigenvalue weighted by Crippen LogP contribution is -2.54. The Morgan fingerprint density at radius 2 is 1.44 bits per heavy atom. The van der Waals surface area contributed by atoms with Crippen LogP contribution in [0.25, 0.3) is 0 Å². The minimum atomic E-state index is -1.05. The number of amides is 3. The highest BCUT2D eigenvalue weighted by Gasteiger charge is 2.68. The van der Waals surface area contributed by atoms with Crippen LogP contribution in [0.2, 0.25) is 5.02 Å². The molecule has 6 nitrogen and oxygen atoms in total. The SMILES string of the molecule is O=C(CCc1ccccc1)NN=CC12c3ccccc3C(c3ccccc31)C1C(=O)N(c3ccccc3Cl)C(=O)C12. The van der Waals surface area contributed by atoms with Crippen LogP contribution in [-0.2, 0) is 26.2 Å². The van der Waals surface area contributed by atoms with Crippen LogP contribution in [0.5, 0.6) is 0 Å². The molecule has 8 rings (SSSR count). The highest BCUT2D eigenvalue weighted by molar-refractivity contribution is 6.36. The normalized spacial score (nSPS) is 23.8. The van der Waals surface area contributed by atoms with Crippen molar-refractivity contribution in [2.24, 2.45) is 16.9 Å². The maximum atomic E-state index is 14.4. The fourth-order valence-electron chi connectivity index (χ4n) is 7.08. The van der Waals surface area contributed by atoms with Crippen molar-refractivity contribution in [1.29, 1.82) is 0 Å². The summed E-state index contributed by atoms with van der Waals surface area (Å²) in [6.07, 6.45) is 2.54. The lowest BCUT2D eigenvalue weighted by molar-refractivity contribution is -0.123. The number of nitrogens with zero attached hydrogens (tertiary/aromatic N) is 2. The number of hydrogen-bond acceptors (Lipinski definition) is 4. The molecule has 1 heterocycles. The summed E-state index contributed by atoms with van der Waals surface area (Å²) in [7, 11) is 0. The smallest absolute Gasteiger partial charge is 0.240 e. The van der Waals surface area contributed by atoms with Crippen molar-refractivity contribution in [1.82, 2.24) is 5.43 Å². The van der Waals surface area contributed by atoms with Crippen LogP contribution >= 0.6 is 11.6 Å². The molecule has 0 radical (unpaired) electrons. The molecule has 41 heavy (non-hydrogen) atoms. The molecule has 1 saturated heterocycles. The van der Waals surface area contributed by atoms with Crippen molar-refractivity contribution in [2.75, 3.05) is 4.90 Å². The van der Waals surface area contributed by atoms with Crippen LogP contribution in [0.4, 0.5) is 5.69 Å². The molecule has 0 aromatic heterocycles. The quantitative estimate of drug-likeness (QED) is 0.189. The zero-order valence-corrected chi connectivity index (χ0v) is 22.8. The van der Waals surface area contributed by atoms with Gasteiger partial charge in [-0.15, -0.1) is 0 Å². The van der Waals surface area contributed by atoms with Crippen molar-refractivity contribution in [3.05, 3.63) is 136 Å². The van der Waals surface area contributed by atoms with Crippen molar-refractivity contribution in [2.45, 2.75) is 24.2 Å². The summed E-state index contributed by atoms with van der Waals surface area (Å²) in [5.41, 5.74) is 6.93. The maximum absolute atomic E-state index is 14.4. The lowest BCUT2D eigenvalue weighted by Gasteiger charge is -2.52. The number of hydrazone groups is 1. The van der Waals surface area contributed by atoms with Crippen molar-refractivity contribution in [3.63, 3.8) is 0 Å². The van der Waals surface area contributed by atoms with Crippen LogP contribution < -0.4 is 10.3 Å². The minimum absolute atomic E-state index is 0.226. The Bertz CT molecular complexity index is 1690. The van der Waals surface area contributed by atoms with E-state index in [9.17, 15) is 14.4 Å². The second kappa shape index (κ2) is 9.82. The first-order valence-electron chi connectivity index (χ1n) is 13.7. The molecule has 3 aliphatic carbocycles. The molecule has 1 N–H and O–H groups in total. The number of hydrogen-bond donors (Lipinski definition) is 1. The average Bonchev–Trinajstić information content (AvgIpc) is 3.27. The van der Waals surface area contributed by atoms with E-state index in [1.807, 2.05) is 78.9 Å². The number of nitrogens with one attached hydrogen (secondary N) is 1. The Kier molecular flexibility index (Phi) is 6.09. The summed E-state index contributed by atoms with van der Waals surface area (Å²) in [6.45, 7) is 0. The Morgan fingerprint density at radius 1 is 0.829 bits per heavy atom. The van der Waals surface area contributed by atoms with Gasteiger partial charge in [-0.1, -0.05) is 103 Å². The first kappa shape index (κ1) is 25.4. The van der Waals surface area contributed by atoms with Gasteiger partial charge in [-0.25, -0.2) is 10.3 Å². The van der Waals surface area contributed by atoms with E-state index in [0.29, 0.717) is 17.1 Å². The molecule has 202 valence electrons. The van der Waals surface area contributed by atoms with Gasteiger partial charge in [0.25, 0.3) is 0 Å². The van der Waals surface area contributed by atoms with Gasteiger partial charge in [0.05, 0.1) is 28.0 Å². The summed E-state index contributed by atoms with van der Waals surface area (Å²) >= 11 is 6.51. The first-order chi connectivity index (χ1) is 20.0. The summed E-state index contributed by atoms with van der Waals surface area (Å²) in [4.78, 5) is 42.6. The van der Waals surface area contributed by atoms with Crippen LogP contribution in [0.1, 0.15) is 40.2 Å². The second-order valence-electron chi connectivity index (χ2n) is 10.8. The molecule has 4 aromatic carbocycles. The van der Waals surface area contributed by atoms with E-state index >= 15 is 0 Å². The molecule has 4 aromatic rings. The van der Waals surface area contributed by atoms with Gasteiger partial charge < -0.3 is 0 Å². The van der Waals surface area contributed by atoms with E-state index in [4.69, 9.17) is 11.6 Å². The van der Waals surface area contributed by atoms with Gasteiger partial charge in [0, 0.05) is 18.6 Å². The van der Waals surface area contributed by atoms with E-state index in [2.05, 4.69) is 10.5 Å². The first-order valence-corrected chi connectivity index (χ1v) is 14.1. The van der Waals surface area contributed by atoms with E-state index in [-0.39, 0.29) is 30.1 Å². The van der Waals surface area contributed by atoms with Crippen molar-refractivity contribution < 1.29 is 14.4 Å². The third kappa shape index (κ3) is 3.78. The zero-order chi connectivity index (χ0) is 28.1. The Labute approximate surface area is 242 Å². The number of anilines is 1. The number of carbonyl (C=O) groups excluding carboxylic acids is 3. The molecule has 0 saturated carbocycles. The van der Waals surface area contributed by atoms with Gasteiger partial charge in [-0.05, 0) is 46.4 Å². The summed E-state index contributed by atoms with van der Waals surface area (Å²) in [5, 5.41) is 4.81.